The zero-order valence-electron chi connectivity index (χ0n) is 29.5. The summed E-state index contributed by atoms with van der Waals surface area (Å²) < 4.78 is 32.0. The first-order chi connectivity index (χ1) is 21.2. The zero-order chi connectivity index (χ0) is 36.5. The summed E-state index contributed by atoms with van der Waals surface area (Å²) in [4.78, 5) is 57.3. The Morgan fingerprint density at radius 1 is 0.660 bits per heavy atom. The van der Waals surface area contributed by atoms with Crippen LogP contribution in [0.2, 0.25) is 0 Å². The first-order valence-electron chi connectivity index (χ1n) is 14.9. The molecule has 5 atom stereocenters. The highest BCUT2D eigenvalue weighted by Gasteiger charge is 2.45. The summed E-state index contributed by atoms with van der Waals surface area (Å²) in [5.74, 6) is -0.873. The minimum absolute atomic E-state index is 0.322. The van der Waals surface area contributed by atoms with Gasteiger partial charge in [-0.15, -0.1) is 9.98 Å². The van der Waals surface area contributed by atoms with Crippen molar-refractivity contribution in [1.82, 2.24) is 21.3 Å². The van der Waals surface area contributed by atoms with Crippen molar-refractivity contribution >= 4 is 36.3 Å². The monoisotopic (exact) mass is 676 g/mol. The molecule has 1 aliphatic heterocycles. The molecular formula is C29H52N6O12. The van der Waals surface area contributed by atoms with Gasteiger partial charge in [0, 0.05) is 13.7 Å². The Hall–Kier alpha value is -3.74. The molecule has 1 aliphatic rings. The number of nitrogens with one attached hydrogen (secondary N) is 4. The number of carbonyl (C=O) groups is 4. The minimum Gasteiger partial charge on any atom is -0.444 e. The molecule has 0 bridgehead atoms. The first-order valence-corrected chi connectivity index (χ1v) is 14.9. The average Bonchev–Trinajstić information content (AvgIpc) is 2.81. The SMILES string of the molecule is COC1OC(CN/C(=N\C(=O)OC(C)(C)C)NC(=O)OC(C)(C)C)C(O)C(O)C1N/C(=N/C(=O)OC(C)(C)C)NC(=O)OC(C)(C)C. The molecule has 18 heteroatoms. The van der Waals surface area contributed by atoms with Crippen molar-refractivity contribution in [3.05, 3.63) is 0 Å². The first kappa shape index (κ1) is 41.3. The van der Waals surface area contributed by atoms with E-state index < -0.39 is 83.4 Å². The zero-order valence-corrected chi connectivity index (χ0v) is 29.5. The van der Waals surface area contributed by atoms with Crippen LogP contribution in [0.3, 0.4) is 0 Å². The lowest BCUT2D eigenvalue weighted by atomic mass is 9.96. The Morgan fingerprint density at radius 2 is 1.06 bits per heavy atom. The molecule has 18 nitrogen and oxygen atoms in total. The van der Waals surface area contributed by atoms with Crippen molar-refractivity contribution in [2.24, 2.45) is 9.98 Å². The number of aliphatic hydroxyl groups is 2. The van der Waals surface area contributed by atoms with E-state index in [0.29, 0.717) is 0 Å². The Labute approximate surface area is 275 Å². The molecule has 0 aromatic heterocycles. The lowest BCUT2D eigenvalue weighted by Gasteiger charge is -2.42. The predicted molar refractivity (Wildman–Crippen MR) is 169 cm³/mol. The minimum atomic E-state index is -1.66. The van der Waals surface area contributed by atoms with E-state index in [1.807, 2.05) is 0 Å². The molecule has 0 saturated carbocycles. The molecule has 1 fully saturated rings. The summed E-state index contributed by atoms with van der Waals surface area (Å²) >= 11 is 0. The van der Waals surface area contributed by atoms with Crippen LogP contribution in [-0.2, 0) is 28.4 Å². The quantitative estimate of drug-likeness (QED) is 0.142. The highest BCUT2D eigenvalue weighted by molar-refractivity contribution is 5.99. The van der Waals surface area contributed by atoms with Crippen LogP contribution in [0.15, 0.2) is 9.98 Å². The molecular weight excluding hydrogens is 624 g/mol. The lowest BCUT2D eigenvalue weighted by Crippen LogP contribution is -2.67. The molecule has 270 valence electrons. The van der Waals surface area contributed by atoms with Gasteiger partial charge in [-0.05, 0) is 83.1 Å². The van der Waals surface area contributed by atoms with Crippen LogP contribution in [0.1, 0.15) is 83.1 Å². The van der Waals surface area contributed by atoms with Crippen LogP contribution >= 0.6 is 0 Å². The van der Waals surface area contributed by atoms with E-state index in [2.05, 4.69) is 31.3 Å². The molecule has 0 aromatic rings. The van der Waals surface area contributed by atoms with Gasteiger partial charge in [0.05, 0.1) is 0 Å². The molecule has 4 amide bonds. The molecule has 47 heavy (non-hydrogen) atoms. The van der Waals surface area contributed by atoms with Gasteiger partial charge in [0.15, 0.2) is 6.29 Å². The molecule has 5 unspecified atom stereocenters. The maximum Gasteiger partial charge on any atom is 0.437 e. The number of methoxy groups -OCH3 is 1. The van der Waals surface area contributed by atoms with E-state index in [-0.39, 0.29) is 12.5 Å². The summed E-state index contributed by atoms with van der Waals surface area (Å²) in [7, 11) is 1.25. The topological polar surface area (TPSA) is 237 Å². The molecule has 0 radical (unpaired) electrons. The molecule has 0 spiro atoms. The van der Waals surface area contributed by atoms with Gasteiger partial charge in [-0.25, -0.2) is 19.2 Å². The summed E-state index contributed by atoms with van der Waals surface area (Å²) in [6, 6.07) is -1.31. The normalized spacial score (nSPS) is 22.8. The number of aliphatic hydroxyl groups excluding tert-OH is 2. The average molecular weight is 677 g/mol. The lowest BCUT2D eigenvalue weighted by molar-refractivity contribution is -0.252. The number of hydrogen-bond donors (Lipinski definition) is 6. The van der Waals surface area contributed by atoms with Crippen molar-refractivity contribution in [2.45, 2.75) is 136 Å². The second kappa shape index (κ2) is 16.4. The Morgan fingerprint density at radius 3 is 1.47 bits per heavy atom. The third-order valence-electron chi connectivity index (χ3n) is 5.14. The molecule has 1 rings (SSSR count). The molecule has 1 heterocycles. The standard InChI is InChI=1S/C29H52N6O12/c1-26(2,3)44-22(38)32-20(33-23(39)45-27(4,5)6)30-14-15-17(36)18(37)16(19(42-13)43-15)31-21(34-24(40)46-28(7,8)9)35-25(41)47-29(10,11)12/h15-19,36-37H,14H2,1-13H3,(H2,30,32,33,38,39)(H2,31,34,35,40,41). The Bertz CT molecular complexity index is 1160. The van der Waals surface area contributed by atoms with E-state index in [0.717, 1.165) is 0 Å². The van der Waals surface area contributed by atoms with Crippen LogP contribution in [-0.4, -0.2) is 113 Å². The maximum atomic E-state index is 12.5. The highest BCUT2D eigenvalue weighted by atomic mass is 16.7. The Balaban J connectivity index is 3.23. The number of alkyl carbamates (subject to hydrolysis) is 2. The van der Waals surface area contributed by atoms with Crippen molar-refractivity contribution in [2.75, 3.05) is 13.7 Å². The van der Waals surface area contributed by atoms with Crippen molar-refractivity contribution < 1.29 is 57.8 Å². The van der Waals surface area contributed by atoms with Crippen molar-refractivity contribution in [3.63, 3.8) is 0 Å². The molecule has 1 saturated heterocycles. The molecule has 0 aromatic carbocycles. The van der Waals surface area contributed by atoms with Gasteiger partial charge >= 0.3 is 24.4 Å². The van der Waals surface area contributed by atoms with Gasteiger partial charge in [0.2, 0.25) is 11.9 Å². The van der Waals surface area contributed by atoms with Gasteiger partial charge in [0.1, 0.15) is 46.8 Å². The van der Waals surface area contributed by atoms with Crippen LogP contribution in [0.25, 0.3) is 0 Å². The fraction of sp³-hybridized carbons (Fsp3) is 0.793. The van der Waals surface area contributed by atoms with Crippen LogP contribution in [0.5, 0.6) is 0 Å². The van der Waals surface area contributed by atoms with Gasteiger partial charge in [-0.1, -0.05) is 0 Å². The number of aliphatic imine (C=N–C) groups is 2. The Kier molecular flexibility index (Phi) is 14.4. The van der Waals surface area contributed by atoms with E-state index in [1.54, 1.807) is 83.1 Å². The maximum absolute atomic E-state index is 12.5. The van der Waals surface area contributed by atoms with Crippen LogP contribution in [0.4, 0.5) is 19.2 Å². The number of hydrogen-bond acceptors (Lipinski definition) is 12. The second-order valence-electron chi connectivity index (χ2n) is 14.4. The fourth-order valence-corrected chi connectivity index (χ4v) is 3.57. The summed E-state index contributed by atoms with van der Waals surface area (Å²) in [5, 5.41) is 32.0. The number of rotatable bonds is 4. The van der Waals surface area contributed by atoms with Gasteiger partial charge in [0.25, 0.3) is 0 Å². The van der Waals surface area contributed by atoms with Crippen LogP contribution < -0.4 is 21.3 Å². The van der Waals surface area contributed by atoms with E-state index >= 15 is 0 Å². The van der Waals surface area contributed by atoms with E-state index in [4.69, 9.17) is 28.4 Å². The van der Waals surface area contributed by atoms with Crippen LogP contribution in [0, 0.1) is 0 Å². The largest absolute Gasteiger partial charge is 0.444 e. The second-order valence-corrected chi connectivity index (χ2v) is 14.4. The highest BCUT2D eigenvalue weighted by Crippen LogP contribution is 2.22. The molecule has 0 aliphatic carbocycles. The number of ether oxygens (including phenoxy) is 6. The smallest absolute Gasteiger partial charge is 0.437 e. The van der Waals surface area contributed by atoms with E-state index in [9.17, 15) is 29.4 Å². The third kappa shape index (κ3) is 17.1. The fourth-order valence-electron chi connectivity index (χ4n) is 3.57. The predicted octanol–water partition coefficient (Wildman–Crippen LogP) is 2.26. The summed E-state index contributed by atoms with van der Waals surface area (Å²) in [6.45, 7) is 19.2. The van der Waals surface area contributed by atoms with Gasteiger partial charge in [-0.3, -0.25) is 10.6 Å². The van der Waals surface area contributed by atoms with E-state index in [1.165, 1.54) is 7.11 Å². The summed E-state index contributed by atoms with van der Waals surface area (Å²) in [6.07, 6.45) is -9.86. The number of carbonyl (C=O) groups excluding carboxylic acids is 4. The number of nitrogens with zero attached hydrogens (tertiary/aromatic N) is 2. The third-order valence-corrected chi connectivity index (χ3v) is 5.14. The molecule has 6 N–H and O–H groups in total. The van der Waals surface area contributed by atoms with Gasteiger partial charge in [-0.2, -0.15) is 0 Å². The van der Waals surface area contributed by atoms with Gasteiger partial charge < -0.3 is 49.3 Å². The van der Waals surface area contributed by atoms with Crippen molar-refractivity contribution in [1.29, 1.82) is 0 Å². The summed E-state index contributed by atoms with van der Waals surface area (Å²) in [5.41, 5.74) is -3.57. The number of amides is 4. The number of guanidine groups is 2. The van der Waals surface area contributed by atoms with Crippen molar-refractivity contribution in [3.8, 4) is 0 Å².